The van der Waals surface area contributed by atoms with Crippen molar-refractivity contribution in [2.45, 2.75) is 57.6 Å². The molecule has 0 rings (SSSR count). The molecule has 0 aromatic carbocycles. The van der Waals surface area contributed by atoms with Gasteiger partial charge in [0.25, 0.3) is 6.04 Å². The maximum atomic E-state index is 11.1. The number of nitrogens with zero attached hydrogens (tertiary/aromatic N) is 1. The van der Waals surface area contributed by atoms with Gasteiger partial charge in [0.1, 0.15) is 6.10 Å². The van der Waals surface area contributed by atoms with E-state index >= 15 is 0 Å². The van der Waals surface area contributed by atoms with Gasteiger partial charge in [0.15, 0.2) is 6.29 Å². The summed E-state index contributed by atoms with van der Waals surface area (Å²) in [5.41, 5.74) is 0. The number of nitro groups is 1. The van der Waals surface area contributed by atoms with E-state index in [9.17, 15) is 20.0 Å². The van der Waals surface area contributed by atoms with E-state index in [-0.39, 0.29) is 0 Å². The molecule has 2 unspecified atom stereocenters. The molecular weight excluding hydrogens is 342 g/mol. The minimum Gasteiger partial charge on any atom is -0.381 e. The quantitative estimate of drug-likeness (QED) is 0.147. The van der Waals surface area contributed by atoms with E-state index in [0.29, 0.717) is 25.7 Å². The smallest absolute Gasteiger partial charge is 0.260 e. The molecule has 0 aromatic rings. The molecule has 0 saturated carbocycles. The van der Waals surface area contributed by atoms with Crippen molar-refractivity contribution in [3.8, 4) is 0 Å². The summed E-state index contributed by atoms with van der Waals surface area (Å²) >= 11 is 0. The maximum Gasteiger partial charge on any atom is 0.260 e. The van der Waals surface area contributed by atoms with Gasteiger partial charge in [0.05, 0.1) is 0 Å². The van der Waals surface area contributed by atoms with E-state index in [1.54, 1.807) is 18.2 Å². The Hall–Kier alpha value is -2.53. The second-order valence-electron chi connectivity index (χ2n) is 5.72. The zero-order valence-electron chi connectivity index (χ0n) is 15.9. The van der Waals surface area contributed by atoms with Crippen molar-refractivity contribution >= 4 is 6.29 Å². The molecule has 1 N–H and O–H groups in total. The van der Waals surface area contributed by atoms with Gasteiger partial charge in [-0.2, -0.15) is 0 Å². The molecule has 147 valence electrons. The van der Waals surface area contributed by atoms with Crippen LogP contribution in [0.3, 0.4) is 0 Å². The first-order valence-electron chi connectivity index (χ1n) is 9.25. The third-order valence-electron chi connectivity index (χ3n) is 3.45. The number of allylic oxidation sites excluding steroid dienone is 10. The molecule has 0 spiro atoms. The van der Waals surface area contributed by atoms with Crippen LogP contribution in [-0.2, 0) is 4.79 Å². The SMILES string of the molecule is CC/C=C\C/C=C\C/C=C\C(C(O)/C=C\C=C/C/C=C\CC[C]=O)[N+](=O)[O-]. The lowest BCUT2D eigenvalue weighted by Crippen LogP contribution is -2.30. The van der Waals surface area contributed by atoms with Gasteiger partial charge in [-0.15, -0.1) is 0 Å². The van der Waals surface area contributed by atoms with Crippen LogP contribution in [-0.4, -0.2) is 28.5 Å². The number of carbonyl (C=O) groups excluding carboxylic acids is 1. The second-order valence-corrected chi connectivity index (χ2v) is 5.72. The molecule has 0 heterocycles. The van der Waals surface area contributed by atoms with E-state index in [4.69, 9.17) is 0 Å². The van der Waals surface area contributed by atoms with Crippen LogP contribution in [0.2, 0.25) is 0 Å². The monoisotopic (exact) mass is 372 g/mol. The van der Waals surface area contributed by atoms with Crippen LogP contribution in [0.4, 0.5) is 0 Å². The molecule has 0 amide bonds. The normalized spacial score (nSPS) is 15.2. The van der Waals surface area contributed by atoms with Crippen molar-refractivity contribution in [3.05, 3.63) is 83.0 Å². The van der Waals surface area contributed by atoms with Crippen LogP contribution < -0.4 is 0 Å². The fourth-order valence-corrected chi connectivity index (χ4v) is 2.02. The molecule has 0 fully saturated rings. The van der Waals surface area contributed by atoms with Crippen molar-refractivity contribution in [3.63, 3.8) is 0 Å². The summed E-state index contributed by atoms with van der Waals surface area (Å²) in [5, 5.41) is 21.1. The highest BCUT2D eigenvalue weighted by atomic mass is 16.6. The van der Waals surface area contributed by atoms with Gasteiger partial charge >= 0.3 is 0 Å². The number of rotatable bonds is 15. The zero-order valence-corrected chi connectivity index (χ0v) is 15.9. The molecule has 5 nitrogen and oxygen atoms in total. The van der Waals surface area contributed by atoms with Gasteiger partial charge in [-0.05, 0) is 44.3 Å². The summed E-state index contributed by atoms with van der Waals surface area (Å²) < 4.78 is 0. The number of unbranched alkanes of at least 4 members (excludes halogenated alkanes) is 1. The van der Waals surface area contributed by atoms with E-state index < -0.39 is 17.1 Å². The topological polar surface area (TPSA) is 80.4 Å². The number of aliphatic hydroxyl groups excluding tert-OH is 1. The minimum atomic E-state index is -1.18. The molecule has 27 heavy (non-hydrogen) atoms. The fraction of sp³-hybridized carbons (Fsp3) is 0.409. The third-order valence-corrected chi connectivity index (χ3v) is 3.45. The lowest BCUT2D eigenvalue weighted by molar-refractivity contribution is -0.518. The van der Waals surface area contributed by atoms with Crippen molar-refractivity contribution in [1.82, 2.24) is 0 Å². The Morgan fingerprint density at radius 2 is 1.56 bits per heavy atom. The van der Waals surface area contributed by atoms with Gasteiger partial charge in [-0.1, -0.05) is 67.7 Å². The molecule has 1 radical (unpaired) electrons. The summed E-state index contributed by atoms with van der Waals surface area (Å²) in [6.45, 7) is 2.07. The van der Waals surface area contributed by atoms with Crippen LogP contribution in [0.1, 0.15) is 45.4 Å². The van der Waals surface area contributed by atoms with E-state index in [1.807, 2.05) is 36.7 Å². The predicted octanol–water partition coefficient (Wildman–Crippen LogP) is 4.80. The Bertz CT molecular complexity index is 571. The Balaban J connectivity index is 4.33. The molecular formula is C22H30NO4. The average molecular weight is 372 g/mol. The molecule has 0 aliphatic heterocycles. The summed E-state index contributed by atoms with van der Waals surface area (Å²) in [5.74, 6) is 0. The maximum absolute atomic E-state index is 11.1. The molecule has 0 aromatic heterocycles. The lowest BCUT2D eigenvalue weighted by atomic mass is 10.1. The summed E-state index contributed by atoms with van der Waals surface area (Å²) in [6.07, 6.45) is 26.5. The molecule has 2 atom stereocenters. The van der Waals surface area contributed by atoms with E-state index in [2.05, 4.69) is 19.1 Å². The van der Waals surface area contributed by atoms with Crippen LogP contribution >= 0.6 is 0 Å². The molecule has 0 bridgehead atoms. The summed E-state index contributed by atoms with van der Waals surface area (Å²) in [7, 11) is 0. The Labute approximate surface area is 162 Å². The average Bonchev–Trinajstić information content (AvgIpc) is 2.65. The number of aliphatic hydroxyl groups is 1. The predicted molar refractivity (Wildman–Crippen MR) is 111 cm³/mol. The highest BCUT2D eigenvalue weighted by Crippen LogP contribution is 2.04. The zero-order chi connectivity index (χ0) is 20.2. The first-order valence-corrected chi connectivity index (χ1v) is 9.25. The molecule has 5 heteroatoms. The Morgan fingerprint density at radius 1 is 0.926 bits per heavy atom. The summed E-state index contributed by atoms with van der Waals surface area (Å²) in [6, 6.07) is -1.16. The Morgan fingerprint density at radius 3 is 2.22 bits per heavy atom. The lowest BCUT2D eigenvalue weighted by Gasteiger charge is -2.08. The second kappa shape index (κ2) is 18.3. The van der Waals surface area contributed by atoms with Crippen molar-refractivity contribution < 1.29 is 14.8 Å². The van der Waals surface area contributed by atoms with Crippen LogP contribution in [0, 0.1) is 10.1 Å². The van der Waals surface area contributed by atoms with Gasteiger partial charge in [0.2, 0.25) is 0 Å². The van der Waals surface area contributed by atoms with E-state index in [0.717, 1.165) is 12.8 Å². The number of hydrogen-bond acceptors (Lipinski definition) is 4. The Kier molecular flexibility index (Phi) is 16.6. The minimum absolute atomic E-state index is 0.397. The van der Waals surface area contributed by atoms with Crippen molar-refractivity contribution in [2.75, 3.05) is 0 Å². The van der Waals surface area contributed by atoms with Crippen molar-refractivity contribution in [1.29, 1.82) is 0 Å². The van der Waals surface area contributed by atoms with Gasteiger partial charge in [-0.25, -0.2) is 0 Å². The summed E-state index contributed by atoms with van der Waals surface area (Å²) in [4.78, 5) is 20.7. The van der Waals surface area contributed by atoms with Crippen LogP contribution in [0.5, 0.6) is 0 Å². The highest BCUT2D eigenvalue weighted by Gasteiger charge is 2.23. The standard InChI is InChI=1S/C22H30NO4/c1-2-3-4-5-6-9-12-15-18-21(23(26)27)22(25)19-16-13-10-7-8-11-14-17-20-24/h3-4,6,8-11,13,15-16,18-19,21-22,25H,2,5,7,12,14,17H2,1H3/b4-3-,9-6-,11-8-,13-10-,18-15-,19-16-. The number of hydrogen-bond donors (Lipinski definition) is 1. The van der Waals surface area contributed by atoms with E-state index in [1.165, 1.54) is 12.2 Å². The molecule has 0 saturated heterocycles. The van der Waals surface area contributed by atoms with Gasteiger partial charge in [0, 0.05) is 11.3 Å². The fourth-order valence-electron chi connectivity index (χ4n) is 2.02. The van der Waals surface area contributed by atoms with Crippen LogP contribution in [0.15, 0.2) is 72.9 Å². The first-order chi connectivity index (χ1) is 13.1. The third kappa shape index (κ3) is 15.4. The first kappa shape index (κ1) is 24.5. The van der Waals surface area contributed by atoms with Crippen molar-refractivity contribution in [2.24, 2.45) is 0 Å². The molecule has 0 aliphatic rings. The highest BCUT2D eigenvalue weighted by molar-refractivity contribution is 5.50. The van der Waals surface area contributed by atoms with Gasteiger partial charge in [-0.3, -0.25) is 14.9 Å². The largest absolute Gasteiger partial charge is 0.381 e. The van der Waals surface area contributed by atoms with Gasteiger partial charge < -0.3 is 5.11 Å². The molecule has 0 aliphatic carbocycles. The van der Waals surface area contributed by atoms with Crippen LogP contribution in [0.25, 0.3) is 0 Å².